The lowest BCUT2D eigenvalue weighted by Crippen LogP contribution is -2.09. The molecule has 98 valence electrons. The number of aromatic amines is 1. The fourth-order valence-corrected chi connectivity index (χ4v) is 2.21. The largest absolute Gasteiger partial charge is 0.465 e. The fourth-order valence-electron chi connectivity index (χ4n) is 1.34. The number of hydrogen-bond donors (Lipinski definition) is 1. The van der Waals surface area contributed by atoms with Crippen LogP contribution in [-0.4, -0.2) is 33.0 Å². The van der Waals surface area contributed by atoms with Gasteiger partial charge in [-0.25, -0.2) is 19.7 Å². The Morgan fingerprint density at radius 2 is 2.26 bits per heavy atom. The van der Waals surface area contributed by atoms with Crippen molar-refractivity contribution in [3.05, 3.63) is 40.2 Å². The molecule has 8 heteroatoms. The molecule has 0 radical (unpaired) electrons. The van der Waals surface area contributed by atoms with Crippen LogP contribution in [0.4, 0.5) is 0 Å². The average molecular weight is 278 g/mol. The van der Waals surface area contributed by atoms with Crippen molar-refractivity contribution in [2.45, 2.75) is 17.1 Å². The molecule has 7 nitrogen and oxygen atoms in total. The number of methoxy groups -OCH3 is 1. The summed E-state index contributed by atoms with van der Waals surface area (Å²) in [4.78, 5) is 37.4. The number of rotatable bonds is 3. The Labute approximate surface area is 112 Å². The van der Waals surface area contributed by atoms with E-state index >= 15 is 0 Å². The Hall–Kier alpha value is -2.22. The summed E-state index contributed by atoms with van der Waals surface area (Å²) in [6.45, 7) is 1.71. The van der Waals surface area contributed by atoms with Crippen LogP contribution in [0.5, 0.6) is 0 Å². The molecule has 0 amide bonds. The molecule has 0 fully saturated rings. The van der Waals surface area contributed by atoms with Gasteiger partial charge in [-0.05, 0) is 18.7 Å². The zero-order valence-corrected chi connectivity index (χ0v) is 11.0. The fraction of sp³-hybridized carbons (Fsp3) is 0.182. The topological polar surface area (TPSA) is 97.8 Å². The molecule has 0 unspecified atom stereocenters. The summed E-state index contributed by atoms with van der Waals surface area (Å²) >= 11 is 1.07. The van der Waals surface area contributed by atoms with E-state index in [1.807, 2.05) is 0 Å². The second kappa shape index (κ2) is 5.61. The first-order valence-corrected chi connectivity index (χ1v) is 6.06. The molecule has 0 aromatic carbocycles. The van der Waals surface area contributed by atoms with E-state index in [9.17, 15) is 9.59 Å². The van der Waals surface area contributed by atoms with Crippen LogP contribution < -0.4 is 5.56 Å². The number of aryl methyl sites for hydroxylation is 1. The first-order chi connectivity index (χ1) is 9.10. The van der Waals surface area contributed by atoms with Crippen LogP contribution in [0.3, 0.4) is 0 Å². The Kier molecular flexibility index (Phi) is 3.91. The molecular formula is C11H10N4O3S. The molecule has 0 spiro atoms. The number of carbonyl (C=O) groups is 1. The first-order valence-electron chi connectivity index (χ1n) is 5.24. The molecule has 0 aliphatic heterocycles. The number of H-pyrrole nitrogens is 1. The van der Waals surface area contributed by atoms with Gasteiger partial charge in [0.25, 0.3) is 5.56 Å². The van der Waals surface area contributed by atoms with Gasteiger partial charge in [0.05, 0.1) is 7.11 Å². The number of hydrogen-bond acceptors (Lipinski definition) is 7. The molecule has 0 aliphatic carbocycles. The van der Waals surface area contributed by atoms with Crippen LogP contribution >= 0.6 is 11.8 Å². The molecule has 2 aromatic heterocycles. The van der Waals surface area contributed by atoms with Crippen LogP contribution in [0.25, 0.3) is 0 Å². The maximum Gasteiger partial charge on any atom is 0.342 e. The van der Waals surface area contributed by atoms with Crippen LogP contribution in [0, 0.1) is 6.92 Å². The van der Waals surface area contributed by atoms with Gasteiger partial charge in [0.1, 0.15) is 16.9 Å². The number of aromatic nitrogens is 4. The lowest BCUT2D eigenvalue weighted by molar-refractivity contribution is 0.0595. The molecule has 0 atom stereocenters. The Balaban J connectivity index is 2.38. The molecule has 2 aromatic rings. The van der Waals surface area contributed by atoms with E-state index in [4.69, 9.17) is 0 Å². The van der Waals surface area contributed by atoms with Crippen molar-refractivity contribution in [2.75, 3.05) is 7.11 Å². The van der Waals surface area contributed by atoms with Crippen LogP contribution in [0.1, 0.15) is 16.1 Å². The molecule has 0 saturated heterocycles. The maximum atomic E-state index is 11.6. The standard InChI is InChI=1S/C11H10N4O3S/c1-6-3-8(16)15-11(14-6)19-9-7(10(17)18-2)4-12-5-13-9/h3-5H,1-2H3,(H,14,15,16). The molecule has 0 saturated carbocycles. The molecule has 0 aliphatic rings. The first kappa shape index (κ1) is 13.2. The minimum absolute atomic E-state index is 0.221. The lowest BCUT2D eigenvalue weighted by atomic mass is 10.3. The molecule has 1 N–H and O–H groups in total. The monoisotopic (exact) mass is 278 g/mol. The van der Waals surface area contributed by atoms with Crippen molar-refractivity contribution in [1.29, 1.82) is 0 Å². The SMILES string of the molecule is COC(=O)c1cncnc1Sc1nc(C)cc(=O)[nH]1. The van der Waals surface area contributed by atoms with Crippen molar-refractivity contribution in [3.63, 3.8) is 0 Å². The highest BCUT2D eigenvalue weighted by Gasteiger charge is 2.15. The van der Waals surface area contributed by atoms with E-state index in [0.717, 1.165) is 11.8 Å². The highest BCUT2D eigenvalue weighted by Crippen LogP contribution is 2.25. The van der Waals surface area contributed by atoms with Crippen LogP contribution in [0.15, 0.2) is 33.6 Å². The van der Waals surface area contributed by atoms with E-state index in [1.165, 1.54) is 25.7 Å². The summed E-state index contributed by atoms with van der Waals surface area (Å²) in [5, 5.41) is 0.726. The van der Waals surface area contributed by atoms with Gasteiger partial charge >= 0.3 is 5.97 Å². The van der Waals surface area contributed by atoms with E-state index in [-0.39, 0.29) is 11.1 Å². The molecule has 2 rings (SSSR count). The summed E-state index contributed by atoms with van der Waals surface area (Å²) in [6, 6.07) is 1.38. The van der Waals surface area contributed by atoms with Gasteiger partial charge in [-0.3, -0.25) is 4.79 Å². The number of ether oxygens (including phenoxy) is 1. The number of nitrogens with one attached hydrogen (secondary N) is 1. The second-order valence-electron chi connectivity index (χ2n) is 3.53. The average Bonchev–Trinajstić information content (AvgIpc) is 2.37. The summed E-state index contributed by atoms with van der Waals surface area (Å²) in [6.07, 6.45) is 2.66. The third-order valence-electron chi connectivity index (χ3n) is 2.12. The van der Waals surface area contributed by atoms with E-state index in [2.05, 4.69) is 24.7 Å². The van der Waals surface area contributed by atoms with Gasteiger partial charge in [0, 0.05) is 18.0 Å². The zero-order chi connectivity index (χ0) is 13.8. The number of esters is 1. The number of nitrogens with zero attached hydrogens (tertiary/aromatic N) is 3. The van der Waals surface area contributed by atoms with Crippen LogP contribution in [0.2, 0.25) is 0 Å². The normalized spacial score (nSPS) is 10.2. The summed E-state index contributed by atoms with van der Waals surface area (Å²) < 4.78 is 4.64. The Bertz CT molecular complexity index is 671. The third-order valence-corrected chi connectivity index (χ3v) is 3.03. The zero-order valence-electron chi connectivity index (χ0n) is 10.2. The predicted molar refractivity (Wildman–Crippen MR) is 67.1 cm³/mol. The van der Waals surface area contributed by atoms with Crippen molar-refractivity contribution >= 4 is 17.7 Å². The highest BCUT2D eigenvalue weighted by atomic mass is 32.2. The van der Waals surface area contributed by atoms with Gasteiger partial charge < -0.3 is 9.72 Å². The van der Waals surface area contributed by atoms with Gasteiger partial charge in [-0.2, -0.15) is 0 Å². The smallest absolute Gasteiger partial charge is 0.342 e. The highest BCUT2D eigenvalue weighted by molar-refractivity contribution is 7.99. The van der Waals surface area contributed by atoms with Crippen molar-refractivity contribution in [1.82, 2.24) is 19.9 Å². The predicted octanol–water partition coefficient (Wildman–Crippen LogP) is 0.806. The van der Waals surface area contributed by atoms with Crippen molar-refractivity contribution in [3.8, 4) is 0 Å². The quantitative estimate of drug-likeness (QED) is 0.504. The van der Waals surface area contributed by atoms with E-state index in [1.54, 1.807) is 6.92 Å². The maximum absolute atomic E-state index is 11.6. The van der Waals surface area contributed by atoms with Crippen molar-refractivity contribution in [2.24, 2.45) is 0 Å². The molecule has 2 heterocycles. The van der Waals surface area contributed by atoms with E-state index in [0.29, 0.717) is 15.9 Å². The third kappa shape index (κ3) is 3.16. The van der Waals surface area contributed by atoms with Crippen LogP contribution in [-0.2, 0) is 4.74 Å². The Morgan fingerprint density at radius 1 is 1.47 bits per heavy atom. The Morgan fingerprint density at radius 3 is 2.95 bits per heavy atom. The lowest BCUT2D eigenvalue weighted by Gasteiger charge is -2.05. The van der Waals surface area contributed by atoms with E-state index < -0.39 is 5.97 Å². The summed E-state index contributed by atoms with van der Waals surface area (Å²) in [5.41, 5.74) is 0.544. The van der Waals surface area contributed by atoms with Gasteiger partial charge in [0.15, 0.2) is 5.16 Å². The number of carbonyl (C=O) groups excluding carboxylic acids is 1. The van der Waals surface area contributed by atoms with Gasteiger partial charge in [0.2, 0.25) is 0 Å². The summed E-state index contributed by atoms with van der Waals surface area (Å²) in [5.74, 6) is -0.543. The molecule has 19 heavy (non-hydrogen) atoms. The minimum atomic E-state index is -0.543. The summed E-state index contributed by atoms with van der Waals surface area (Å²) in [7, 11) is 1.27. The second-order valence-corrected chi connectivity index (χ2v) is 4.50. The van der Waals surface area contributed by atoms with Crippen molar-refractivity contribution < 1.29 is 9.53 Å². The molecule has 0 bridgehead atoms. The molecular weight excluding hydrogens is 268 g/mol. The van der Waals surface area contributed by atoms with Gasteiger partial charge in [-0.1, -0.05) is 0 Å². The van der Waals surface area contributed by atoms with Gasteiger partial charge in [-0.15, -0.1) is 0 Å². The minimum Gasteiger partial charge on any atom is -0.465 e.